The first-order valence-electron chi connectivity index (χ1n) is 4.90. The molecule has 1 N–H and O–H groups in total. The monoisotopic (exact) mass is 194 g/mol. The molecule has 1 aliphatic carbocycles. The zero-order valence-electron chi connectivity index (χ0n) is 8.25. The van der Waals surface area contributed by atoms with Gasteiger partial charge in [-0.25, -0.2) is 0 Å². The van der Waals surface area contributed by atoms with E-state index in [2.05, 4.69) is 0 Å². The maximum atomic E-state index is 11.9. The summed E-state index contributed by atoms with van der Waals surface area (Å²) in [6.07, 6.45) is 2.58. The summed E-state index contributed by atoms with van der Waals surface area (Å²) >= 11 is 0. The molecular weight excluding hydrogens is 180 g/mol. The predicted octanol–water partition coefficient (Wildman–Crippen LogP) is 1.93. The fraction of sp³-hybridized carbons (Fsp3) is 0.545. The van der Waals surface area contributed by atoms with Gasteiger partial charge < -0.3 is 9.52 Å². The van der Waals surface area contributed by atoms with Gasteiger partial charge in [0.25, 0.3) is 0 Å². The molecule has 0 radical (unpaired) electrons. The molecule has 3 heteroatoms. The van der Waals surface area contributed by atoms with Crippen LogP contribution in [0.2, 0.25) is 0 Å². The minimum Gasteiger partial charge on any atom is -0.458 e. The Morgan fingerprint density at radius 1 is 1.57 bits per heavy atom. The van der Waals surface area contributed by atoms with Crippen molar-refractivity contribution in [2.75, 3.05) is 6.61 Å². The summed E-state index contributed by atoms with van der Waals surface area (Å²) in [7, 11) is 0. The second-order valence-corrected chi connectivity index (χ2v) is 4.03. The molecule has 0 atom stereocenters. The molecule has 1 aromatic heterocycles. The lowest BCUT2D eigenvalue weighted by Gasteiger charge is -2.37. The fourth-order valence-corrected chi connectivity index (χ4v) is 1.88. The first kappa shape index (κ1) is 9.46. The lowest BCUT2D eigenvalue weighted by Crippen LogP contribution is -2.41. The van der Waals surface area contributed by atoms with Crippen LogP contribution in [0.1, 0.15) is 35.6 Å². The van der Waals surface area contributed by atoms with Gasteiger partial charge in [-0.15, -0.1) is 0 Å². The van der Waals surface area contributed by atoms with Crippen LogP contribution >= 0.6 is 0 Å². The third-order valence-corrected chi connectivity index (χ3v) is 3.06. The molecule has 76 valence electrons. The molecule has 0 spiro atoms. The minimum absolute atomic E-state index is 0.0423. The van der Waals surface area contributed by atoms with Crippen LogP contribution in [-0.4, -0.2) is 17.5 Å². The van der Waals surface area contributed by atoms with Gasteiger partial charge in [0.05, 0.1) is 12.0 Å². The quantitative estimate of drug-likeness (QED) is 0.748. The largest absolute Gasteiger partial charge is 0.458 e. The number of furan rings is 1. The Labute approximate surface area is 82.7 Å². The van der Waals surface area contributed by atoms with E-state index in [4.69, 9.17) is 4.42 Å². The fourth-order valence-electron chi connectivity index (χ4n) is 1.88. The van der Waals surface area contributed by atoms with Crippen molar-refractivity contribution in [3.8, 4) is 0 Å². The molecule has 0 saturated heterocycles. The number of carbonyl (C=O) groups is 1. The Kier molecular flexibility index (Phi) is 2.19. The Morgan fingerprint density at radius 2 is 2.29 bits per heavy atom. The first-order chi connectivity index (χ1) is 6.68. The number of ketones is 1. The molecule has 0 amide bonds. The van der Waals surface area contributed by atoms with Gasteiger partial charge in [0, 0.05) is 0 Å². The third-order valence-electron chi connectivity index (χ3n) is 3.06. The van der Waals surface area contributed by atoms with Gasteiger partial charge in [0.2, 0.25) is 5.78 Å². The van der Waals surface area contributed by atoms with Crippen molar-refractivity contribution in [1.82, 2.24) is 0 Å². The molecule has 1 heterocycles. The summed E-state index contributed by atoms with van der Waals surface area (Å²) in [4.78, 5) is 11.9. The summed E-state index contributed by atoms with van der Waals surface area (Å²) in [6.45, 7) is 1.74. The van der Waals surface area contributed by atoms with Gasteiger partial charge >= 0.3 is 0 Å². The van der Waals surface area contributed by atoms with Gasteiger partial charge in [-0.2, -0.15) is 0 Å². The SMILES string of the molecule is Cc1ccc(C(=O)C2(CO)CCC2)o1. The number of Topliss-reactive ketones (excluding diaryl/α,β-unsaturated/α-hetero) is 1. The van der Waals surface area contributed by atoms with E-state index in [-0.39, 0.29) is 12.4 Å². The summed E-state index contributed by atoms with van der Waals surface area (Å²) in [6, 6.07) is 3.46. The number of aryl methyl sites for hydroxylation is 1. The van der Waals surface area contributed by atoms with Gasteiger partial charge in [-0.3, -0.25) is 4.79 Å². The van der Waals surface area contributed by atoms with Crippen molar-refractivity contribution in [3.63, 3.8) is 0 Å². The number of hydrogen-bond donors (Lipinski definition) is 1. The summed E-state index contributed by atoms with van der Waals surface area (Å²) in [5.41, 5.74) is -0.537. The highest BCUT2D eigenvalue weighted by molar-refractivity contribution is 5.98. The summed E-state index contributed by atoms with van der Waals surface area (Å²) in [5.74, 6) is 1.08. The highest BCUT2D eigenvalue weighted by Crippen LogP contribution is 2.43. The molecule has 0 unspecified atom stereocenters. The van der Waals surface area contributed by atoms with Crippen molar-refractivity contribution < 1.29 is 14.3 Å². The van der Waals surface area contributed by atoms with Crippen molar-refractivity contribution >= 4 is 5.78 Å². The van der Waals surface area contributed by atoms with Gasteiger partial charge in [-0.05, 0) is 31.9 Å². The smallest absolute Gasteiger partial charge is 0.206 e. The zero-order chi connectivity index (χ0) is 10.2. The molecule has 1 aliphatic rings. The average molecular weight is 194 g/mol. The van der Waals surface area contributed by atoms with Crippen LogP contribution in [0.15, 0.2) is 16.5 Å². The lowest BCUT2D eigenvalue weighted by molar-refractivity contribution is 0.0320. The minimum atomic E-state index is -0.537. The van der Waals surface area contributed by atoms with Crippen LogP contribution in [0.4, 0.5) is 0 Å². The van der Waals surface area contributed by atoms with E-state index >= 15 is 0 Å². The maximum absolute atomic E-state index is 11.9. The Balaban J connectivity index is 2.23. The van der Waals surface area contributed by atoms with Crippen LogP contribution < -0.4 is 0 Å². The van der Waals surface area contributed by atoms with Crippen LogP contribution in [-0.2, 0) is 0 Å². The van der Waals surface area contributed by atoms with E-state index in [1.807, 2.05) is 6.92 Å². The third kappa shape index (κ3) is 1.28. The Bertz CT molecular complexity index is 342. The van der Waals surface area contributed by atoms with E-state index in [9.17, 15) is 9.90 Å². The van der Waals surface area contributed by atoms with Crippen molar-refractivity contribution in [1.29, 1.82) is 0 Å². The highest BCUT2D eigenvalue weighted by Gasteiger charge is 2.44. The molecule has 2 rings (SSSR count). The molecule has 1 fully saturated rings. The molecule has 3 nitrogen and oxygen atoms in total. The molecule has 0 aliphatic heterocycles. The lowest BCUT2D eigenvalue weighted by atomic mass is 9.66. The van der Waals surface area contributed by atoms with Gasteiger partial charge in [0.1, 0.15) is 5.76 Å². The Morgan fingerprint density at radius 3 is 2.64 bits per heavy atom. The number of aliphatic hydroxyl groups excluding tert-OH is 1. The standard InChI is InChI=1S/C11H14O3/c1-8-3-4-9(14-8)10(13)11(7-12)5-2-6-11/h3-4,12H,2,5-7H2,1H3. The van der Waals surface area contributed by atoms with E-state index in [0.29, 0.717) is 5.76 Å². The summed E-state index contributed by atoms with van der Waals surface area (Å²) in [5, 5.41) is 9.21. The second-order valence-electron chi connectivity index (χ2n) is 4.03. The van der Waals surface area contributed by atoms with E-state index in [0.717, 1.165) is 25.0 Å². The first-order valence-corrected chi connectivity index (χ1v) is 4.90. The van der Waals surface area contributed by atoms with Gasteiger partial charge in [0.15, 0.2) is 5.76 Å². The highest BCUT2D eigenvalue weighted by atomic mass is 16.3. The van der Waals surface area contributed by atoms with Crippen LogP contribution in [0.5, 0.6) is 0 Å². The number of rotatable bonds is 3. The van der Waals surface area contributed by atoms with Crippen LogP contribution in [0.25, 0.3) is 0 Å². The predicted molar refractivity (Wildman–Crippen MR) is 51.1 cm³/mol. The Hall–Kier alpha value is -1.09. The van der Waals surface area contributed by atoms with E-state index < -0.39 is 5.41 Å². The second kappa shape index (κ2) is 3.24. The molecule has 14 heavy (non-hydrogen) atoms. The van der Waals surface area contributed by atoms with Crippen molar-refractivity contribution in [2.24, 2.45) is 5.41 Å². The number of carbonyl (C=O) groups excluding carboxylic acids is 1. The number of aliphatic hydroxyl groups is 1. The molecule has 1 aromatic rings. The van der Waals surface area contributed by atoms with Gasteiger partial charge in [-0.1, -0.05) is 6.42 Å². The van der Waals surface area contributed by atoms with Crippen LogP contribution in [0, 0.1) is 12.3 Å². The molecule has 1 saturated carbocycles. The van der Waals surface area contributed by atoms with Crippen molar-refractivity contribution in [2.45, 2.75) is 26.2 Å². The average Bonchev–Trinajstić information content (AvgIpc) is 2.50. The van der Waals surface area contributed by atoms with E-state index in [1.165, 1.54) is 0 Å². The summed E-state index contributed by atoms with van der Waals surface area (Å²) < 4.78 is 5.27. The van der Waals surface area contributed by atoms with Crippen molar-refractivity contribution in [3.05, 3.63) is 23.7 Å². The zero-order valence-corrected chi connectivity index (χ0v) is 8.25. The number of hydrogen-bond acceptors (Lipinski definition) is 3. The molecule has 0 bridgehead atoms. The topological polar surface area (TPSA) is 50.4 Å². The van der Waals surface area contributed by atoms with Crippen LogP contribution in [0.3, 0.4) is 0 Å². The maximum Gasteiger partial charge on any atom is 0.206 e. The molecule has 0 aromatic carbocycles. The molecular formula is C11H14O3. The van der Waals surface area contributed by atoms with E-state index in [1.54, 1.807) is 12.1 Å². The normalized spacial score (nSPS) is 19.0.